The monoisotopic (exact) mass is 317 g/mol. The molecule has 2 N–H and O–H groups in total. The number of rotatable bonds is 8. The lowest BCUT2D eigenvalue weighted by atomic mass is 10.1. The molecule has 0 unspecified atom stereocenters. The van der Waals surface area contributed by atoms with Crippen molar-refractivity contribution in [1.29, 1.82) is 0 Å². The maximum atomic E-state index is 11.8. The van der Waals surface area contributed by atoms with Crippen LogP contribution in [0.3, 0.4) is 0 Å². The van der Waals surface area contributed by atoms with Gasteiger partial charge in [-0.3, -0.25) is 0 Å². The van der Waals surface area contributed by atoms with Crippen molar-refractivity contribution in [3.05, 3.63) is 29.3 Å². The van der Waals surface area contributed by atoms with Gasteiger partial charge < -0.3 is 14.2 Å². The molecule has 7 nitrogen and oxygen atoms in total. The zero-order chi connectivity index (χ0) is 15.9. The maximum absolute atomic E-state index is 11.8. The molecular weight excluding hydrogens is 298 g/mol. The number of sulfonamides is 1. The Hall–Kier alpha value is -1.48. The van der Waals surface area contributed by atoms with Gasteiger partial charge in [-0.25, -0.2) is 18.4 Å². The Kier molecular flexibility index (Phi) is 6.76. The Labute approximate surface area is 124 Å². The molecule has 0 aliphatic rings. The highest BCUT2D eigenvalue weighted by Gasteiger charge is 2.14. The van der Waals surface area contributed by atoms with E-state index in [-0.39, 0.29) is 23.7 Å². The minimum atomic E-state index is -3.86. The molecule has 118 valence electrons. The van der Waals surface area contributed by atoms with Gasteiger partial charge >= 0.3 is 5.97 Å². The first-order valence-corrected chi connectivity index (χ1v) is 7.77. The molecular formula is C13H19NO6S. The van der Waals surface area contributed by atoms with Gasteiger partial charge in [-0.05, 0) is 30.7 Å². The molecule has 0 saturated carbocycles. The summed E-state index contributed by atoms with van der Waals surface area (Å²) in [5.74, 6) is -0.626. The zero-order valence-electron chi connectivity index (χ0n) is 12.0. The number of aryl methyl sites for hydroxylation is 1. The first kappa shape index (κ1) is 17.6. The fourth-order valence-corrected chi connectivity index (χ4v) is 2.19. The van der Waals surface area contributed by atoms with Crippen LogP contribution in [0.4, 0.5) is 0 Å². The van der Waals surface area contributed by atoms with Gasteiger partial charge in [-0.2, -0.15) is 0 Å². The highest BCUT2D eigenvalue weighted by Crippen LogP contribution is 2.14. The van der Waals surface area contributed by atoms with Crippen LogP contribution in [0.25, 0.3) is 0 Å². The van der Waals surface area contributed by atoms with E-state index in [0.717, 1.165) is 0 Å². The third-order valence-corrected chi connectivity index (χ3v) is 3.40. The fraction of sp³-hybridized carbons (Fsp3) is 0.462. The molecule has 0 aromatic heterocycles. The van der Waals surface area contributed by atoms with Crippen molar-refractivity contribution in [2.45, 2.75) is 11.8 Å². The van der Waals surface area contributed by atoms with E-state index in [0.29, 0.717) is 18.8 Å². The summed E-state index contributed by atoms with van der Waals surface area (Å²) in [4.78, 5) is 11.7. The minimum Gasteiger partial charge on any atom is -0.460 e. The number of benzene rings is 1. The maximum Gasteiger partial charge on any atom is 0.338 e. The van der Waals surface area contributed by atoms with Crippen molar-refractivity contribution in [3.8, 4) is 0 Å². The van der Waals surface area contributed by atoms with Gasteiger partial charge in [0.2, 0.25) is 10.0 Å². The second-order valence-electron chi connectivity index (χ2n) is 4.32. The molecule has 1 aromatic rings. The van der Waals surface area contributed by atoms with Crippen LogP contribution in [0, 0.1) is 6.92 Å². The first-order chi connectivity index (χ1) is 9.84. The molecule has 21 heavy (non-hydrogen) atoms. The van der Waals surface area contributed by atoms with Gasteiger partial charge in [0.1, 0.15) is 6.61 Å². The smallest absolute Gasteiger partial charge is 0.338 e. The van der Waals surface area contributed by atoms with Gasteiger partial charge in [0.25, 0.3) is 0 Å². The van der Waals surface area contributed by atoms with Crippen LogP contribution in [0.15, 0.2) is 23.1 Å². The van der Waals surface area contributed by atoms with E-state index in [1.54, 1.807) is 14.0 Å². The van der Waals surface area contributed by atoms with E-state index in [9.17, 15) is 13.2 Å². The van der Waals surface area contributed by atoms with E-state index < -0.39 is 16.0 Å². The van der Waals surface area contributed by atoms with Gasteiger partial charge in [0.15, 0.2) is 0 Å². The molecule has 1 aromatic carbocycles. The van der Waals surface area contributed by atoms with Crippen molar-refractivity contribution in [2.24, 2.45) is 5.14 Å². The van der Waals surface area contributed by atoms with E-state index in [1.807, 2.05) is 0 Å². The number of carbonyl (C=O) groups excluding carboxylic acids is 1. The average molecular weight is 317 g/mol. The summed E-state index contributed by atoms with van der Waals surface area (Å²) < 4.78 is 37.6. The van der Waals surface area contributed by atoms with Crippen molar-refractivity contribution in [1.82, 2.24) is 0 Å². The Morgan fingerprint density at radius 3 is 2.43 bits per heavy atom. The molecule has 0 aliphatic heterocycles. The fourth-order valence-electron chi connectivity index (χ4n) is 1.55. The Bertz CT molecular complexity index is 584. The number of carbonyl (C=O) groups is 1. The third kappa shape index (κ3) is 6.21. The lowest BCUT2D eigenvalue weighted by Crippen LogP contribution is -2.15. The molecule has 0 fully saturated rings. The van der Waals surface area contributed by atoms with Crippen LogP contribution in [0.5, 0.6) is 0 Å². The van der Waals surface area contributed by atoms with Crippen molar-refractivity contribution < 1.29 is 27.4 Å². The third-order valence-electron chi connectivity index (χ3n) is 2.51. The highest BCUT2D eigenvalue weighted by atomic mass is 32.2. The zero-order valence-corrected chi connectivity index (χ0v) is 12.8. The van der Waals surface area contributed by atoms with Crippen LogP contribution in [-0.2, 0) is 24.2 Å². The molecule has 0 radical (unpaired) electrons. The summed E-state index contributed by atoms with van der Waals surface area (Å²) in [7, 11) is -2.30. The Morgan fingerprint density at radius 2 is 1.81 bits per heavy atom. The summed E-state index contributed by atoms with van der Waals surface area (Å²) in [6.45, 7) is 2.85. The highest BCUT2D eigenvalue weighted by molar-refractivity contribution is 7.89. The van der Waals surface area contributed by atoms with Gasteiger partial charge in [-0.1, -0.05) is 0 Å². The minimum absolute atomic E-state index is 0.0706. The molecule has 0 atom stereocenters. The summed E-state index contributed by atoms with van der Waals surface area (Å²) in [5.41, 5.74) is 0.737. The number of hydrogen-bond donors (Lipinski definition) is 1. The largest absolute Gasteiger partial charge is 0.460 e. The van der Waals surface area contributed by atoms with E-state index in [4.69, 9.17) is 19.3 Å². The quantitative estimate of drug-likeness (QED) is 0.552. The molecule has 0 saturated heterocycles. The second-order valence-corrected chi connectivity index (χ2v) is 5.88. The van der Waals surface area contributed by atoms with E-state index in [1.165, 1.54) is 18.2 Å². The van der Waals surface area contributed by atoms with Crippen LogP contribution in [0.1, 0.15) is 15.9 Å². The van der Waals surface area contributed by atoms with Gasteiger partial charge in [0.05, 0.1) is 30.3 Å². The predicted molar refractivity (Wildman–Crippen MR) is 75.5 cm³/mol. The number of ether oxygens (including phenoxy) is 3. The normalized spacial score (nSPS) is 11.4. The number of methoxy groups -OCH3 is 1. The average Bonchev–Trinajstić information content (AvgIpc) is 2.40. The van der Waals surface area contributed by atoms with Crippen molar-refractivity contribution >= 4 is 16.0 Å². The first-order valence-electron chi connectivity index (χ1n) is 6.23. The van der Waals surface area contributed by atoms with E-state index in [2.05, 4.69) is 0 Å². The standard InChI is InChI=1S/C13H19NO6S/c1-10-7-11(9-12(8-10)21(14,16)17)13(15)20-6-5-19-4-3-18-2/h7-9H,3-6H2,1-2H3,(H2,14,16,17). The summed E-state index contributed by atoms with van der Waals surface area (Å²) in [6, 6.07) is 4.11. The number of nitrogens with two attached hydrogens (primary N) is 1. The molecule has 0 aliphatic carbocycles. The summed E-state index contributed by atoms with van der Waals surface area (Å²) in [5, 5.41) is 5.05. The lowest BCUT2D eigenvalue weighted by molar-refractivity contribution is 0.0213. The SMILES string of the molecule is COCCOCCOC(=O)c1cc(C)cc(S(N)(=O)=O)c1. The number of esters is 1. The molecule has 0 spiro atoms. The van der Waals surface area contributed by atoms with Gasteiger partial charge in [0, 0.05) is 7.11 Å². The van der Waals surface area contributed by atoms with Gasteiger partial charge in [-0.15, -0.1) is 0 Å². The molecule has 0 amide bonds. The topological polar surface area (TPSA) is 105 Å². The predicted octanol–water partition coefficient (Wildman–Crippen LogP) is 0.462. The Morgan fingerprint density at radius 1 is 1.14 bits per heavy atom. The van der Waals surface area contributed by atoms with Crippen LogP contribution in [-0.4, -0.2) is 47.9 Å². The summed E-state index contributed by atoms with van der Waals surface area (Å²) >= 11 is 0. The Balaban J connectivity index is 2.60. The molecule has 8 heteroatoms. The summed E-state index contributed by atoms with van der Waals surface area (Å²) in [6.07, 6.45) is 0. The van der Waals surface area contributed by atoms with Crippen LogP contribution >= 0.6 is 0 Å². The van der Waals surface area contributed by atoms with E-state index >= 15 is 0 Å². The second kappa shape index (κ2) is 8.08. The number of primary sulfonamides is 1. The van der Waals surface area contributed by atoms with Crippen LogP contribution in [0.2, 0.25) is 0 Å². The van der Waals surface area contributed by atoms with Crippen molar-refractivity contribution in [3.63, 3.8) is 0 Å². The molecule has 0 bridgehead atoms. The lowest BCUT2D eigenvalue weighted by Gasteiger charge is -2.08. The molecule has 1 rings (SSSR count). The number of hydrogen-bond acceptors (Lipinski definition) is 6. The van der Waals surface area contributed by atoms with Crippen molar-refractivity contribution in [2.75, 3.05) is 33.5 Å². The molecule has 0 heterocycles. The van der Waals surface area contributed by atoms with Crippen LogP contribution < -0.4 is 5.14 Å².